The van der Waals surface area contributed by atoms with Crippen LogP contribution in [0.3, 0.4) is 0 Å². The lowest BCUT2D eigenvalue weighted by Gasteiger charge is -2.29. The molecule has 0 aliphatic heterocycles. The zero-order chi connectivity index (χ0) is 16.1. The van der Waals surface area contributed by atoms with E-state index in [1.54, 1.807) is 27.8 Å². The molecule has 2 N–H and O–H groups in total. The molecule has 2 atom stereocenters. The summed E-state index contributed by atoms with van der Waals surface area (Å²) in [7, 11) is -1.37. The molecule has 0 spiro atoms. The Morgan fingerprint density at radius 3 is 2.48 bits per heavy atom. The number of hydrogen-bond acceptors (Lipinski definition) is 3. The predicted molar refractivity (Wildman–Crippen MR) is 89.5 cm³/mol. The van der Waals surface area contributed by atoms with E-state index in [1.165, 1.54) is 12.8 Å². The summed E-state index contributed by atoms with van der Waals surface area (Å²) in [6, 6.07) is 0.444. The lowest BCUT2D eigenvalue weighted by atomic mass is 9.87. The summed E-state index contributed by atoms with van der Waals surface area (Å²) in [6.45, 7) is 7.87. The van der Waals surface area contributed by atoms with E-state index in [4.69, 9.17) is 0 Å². The van der Waals surface area contributed by atoms with Crippen LogP contribution in [0.5, 0.6) is 0 Å². The number of rotatable bonds is 4. The number of aliphatic imine (C=N–C) groups is 1. The highest BCUT2D eigenvalue weighted by atomic mass is 32.2. The van der Waals surface area contributed by atoms with E-state index in [0.29, 0.717) is 18.5 Å². The fourth-order valence-corrected chi connectivity index (χ4v) is 3.55. The standard InChI is InChI=1S/C15H31N3O2S/c1-12-7-6-8-13(11-12)18-14(16-5)17-9-10-21(19,20)15(2,3)4/h12-13H,6-11H2,1-5H3,(H2,16,17,18). The lowest BCUT2D eigenvalue weighted by molar-refractivity contribution is 0.324. The van der Waals surface area contributed by atoms with Crippen molar-refractivity contribution >= 4 is 15.8 Å². The summed E-state index contributed by atoms with van der Waals surface area (Å²) in [4.78, 5) is 4.19. The average molecular weight is 317 g/mol. The molecule has 124 valence electrons. The maximum absolute atomic E-state index is 12.1. The van der Waals surface area contributed by atoms with Crippen molar-refractivity contribution in [1.82, 2.24) is 10.6 Å². The fourth-order valence-electron chi connectivity index (χ4n) is 2.56. The molecule has 6 heteroatoms. The minimum Gasteiger partial charge on any atom is -0.355 e. The summed E-state index contributed by atoms with van der Waals surface area (Å²) >= 11 is 0. The molecule has 1 aliphatic rings. The summed E-state index contributed by atoms with van der Waals surface area (Å²) in [6.07, 6.45) is 4.86. The van der Waals surface area contributed by atoms with Gasteiger partial charge in [-0.25, -0.2) is 8.42 Å². The second kappa shape index (κ2) is 7.47. The van der Waals surface area contributed by atoms with Crippen LogP contribution in [-0.2, 0) is 9.84 Å². The van der Waals surface area contributed by atoms with Crippen LogP contribution in [-0.4, -0.2) is 44.5 Å². The van der Waals surface area contributed by atoms with Crippen LogP contribution in [0.4, 0.5) is 0 Å². The summed E-state index contributed by atoms with van der Waals surface area (Å²) in [5.74, 6) is 1.58. The summed E-state index contributed by atoms with van der Waals surface area (Å²) in [5, 5.41) is 6.52. The van der Waals surface area contributed by atoms with E-state index in [2.05, 4.69) is 22.5 Å². The van der Waals surface area contributed by atoms with Gasteiger partial charge in [-0.05, 0) is 39.5 Å². The highest BCUT2D eigenvalue weighted by Gasteiger charge is 2.28. The van der Waals surface area contributed by atoms with Gasteiger partial charge in [-0.2, -0.15) is 0 Å². The molecule has 1 rings (SSSR count). The van der Waals surface area contributed by atoms with Crippen LogP contribution in [0.25, 0.3) is 0 Å². The molecule has 5 nitrogen and oxygen atoms in total. The normalized spacial score (nSPS) is 24.7. The lowest BCUT2D eigenvalue weighted by Crippen LogP contribution is -2.46. The molecule has 0 aromatic heterocycles. The highest BCUT2D eigenvalue weighted by molar-refractivity contribution is 7.92. The van der Waals surface area contributed by atoms with Gasteiger partial charge in [-0.15, -0.1) is 0 Å². The molecule has 1 aliphatic carbocycles. The van der Waals surface area contributed by atoms with Crippen molar-refractivity contribution in [3.05, 3.63) is 0 Å². The van der Waals surface area contributed by atoms with Gasteiger partial charge in [0.15, 0.2) is 15.8 Å². The van der Waals surface area contributed by atoms with E-state index in [9.17, 15) is 8.42 Å². The van der Waals surface area contributed by atoms with Crippen LogP contribution >= 0.6 is 0 Å². The average Bonchev–Trinajstić information content (AvgIpc) is 2.36. The van der Waals surface area contributed by atoms with Crippen LogP contribution in [0.2, 0.25) is 0 Å². The first-order chi connectivity index (χ1) is 9.65. The number of hydrogen-bond donors (Lipinski definition) is 2. The van der Waals surface area contributed by atoms with Crippen molar-refractivity contribution in [3.8, 4) is 0 Å². The molecule has 21 heavy (non-hydrogen) atoms. The first-order valence-corrected chi connectivity index (χ1v) is 9.50. The Morgan fingerprint density at radius 2 is 1.95 bits per heavy atom. The summed E-state index contributed by atoms with van der Waals surface area (Å²) < 4.78 is 23.4. The molecule has 2 unspecified atom stereocenters. The van der Waals surface area contributed by atoms with Crippen molar-refractivity contribution in [2.75, 3.05) is 19.3 Å². The molecule has 1 fully saturated rings. The Bertz CT molecular complexity index is 452. The van der Waals surface area contributed by atoms with Crippen molar-refractivity contribution in [3.63, 3.8) is 0 Å². The number of nitrogens with one attached hydrogen (secondary N) is 2. The van der Waals surface area contributed by atoms with E-state index in [1.807, 2.05) is 0 Å². The van der Waals surface area contributed by atoms with Gasteiger partial charge in [-0.1, -0.05) is 19.8 Å². The molecular weight excluding hydrogens is 286 g/mol. The third-order valence-electron chi connectivity index (χ3n) is 4.10. The maximum atomic E-state index is 12.1. The Labute approximate surface area is 129 Å². The Hall–Kier alpha value is -0.780. The largest absolute Gasteiger partial charge is 0.355 e. The van der Waals surface area contributed by atoms with E-state index in [-0.39, 0.29) is 5.75 Å². The molecule has 0 radical (unpaired) electrons. The molecular formula is C15H31N3O2S. The van der Waals surface area contributed by atoms with Gasteiger partial charge in [-0.3, -0.25) is 4.99 Å². The minimum atomic E-state index is -3.09. The van der Waals surface area contributed by atoms with Gasteiger partial charge < -0.3 is 10.6 Å². The number of nitrogens with zero attached hydrogens (tertiary/aromatic N) is 1. The van der Waals surface area contributed by atoms with E-state index in [0.717, 1.165) is 18.8 Å². The molecule has 0 amide bonds. The van der Waals surface area contributed by atoms with Crippen molar-refractivity contribution in [2.45, 2.75) is 64.2 Å². The van der Waals surface area contributed by atoms with Crippen molar-refractivity contribution in [1.29, 1.82) is 0 Å². The van der Waals surface area contributed by atoms with Gasteiger partial charge in [0.2, 0.25) is 0 Å². The smallest absolute Gasteiger partial charge is 0.191 e. The first-order valence-electron chi connectivity index (χ1n) is 7.85. The Balaban J connectivity index is 2.42. The van der Waals surface area contributed by atoms with Crippen LogP contribution in [0, 0.1) is 5.92 Å². The third-order valence-corrected chi connectivity index (χ3v) is 6.70. The number of guanidine groups is 1. The molecule has 0 heterocycles. The van der Waals surface area contributed by atoms with Gasteiger partial charge >= 0.3 is 0 Å². The molecule has 0 aromatic carbocycles. The topological polar surface area (TPSA) is 70.6 Å². The van der Waals surface area contributed by atoms with E-state index >= 15 is 0 Å². The Morgan fingerprint density at radius 1 is 1.29 bits per heavy atom. The summed E-state index contributed by atoms with van der Waals surface area (Å²) in [5.41, 5.74) is 0. The fraction of sp³-hybridized carbons (Fsp3) is 0.933. The quantitative estimate of drug-likeness (QED) is 0.614. The first kappa shape index (κ1) is 18.3. The second-order valence-corrected chi connectivity index (χ2v) is 9.91. The third kappa shape index (κ3) is 5.85. The molecule has 0 bridgehead atoms. The van der Waals surface area contributed by atoms with Gasteiger partial charge in [0.05, 0.1) is 10.5 Å². The SMILES string of the molecule is CN=C(NCCS(=O)(=O)C(C)(C)C)NC1CCCC(C)C1. The second-order valence-electron chi connectivity index (χ2n) is 7.04. The van der Waals surface area contributed by atoms with Crippen LogP contribution in [0.15, 0.2) is 4.99 Å². The predicted octanol–water partition coefficient (Wildman–Crippen LogP) is 1.94. The van der Waals surface area contributed by atoms with Crippen molar-refractivity contribution < 1.29 is 8.42 Å². The zero-order valence-electron chi connectivity index (χ0n) is 14.1. The van der Waals surface area contributed by atoms with Crippen LogP contribution < -0.4 is 10.6 Å². The van der Waals surface area contributed by atoms with Gasteiger partial charge in [0.1, 0.15) is 0 Å². The zero-order valence-corrected chi connectivity index (χ0v) is 14.9. The maximum Gasteiger partial charge on any atom is 0.191 e. The number of sulfone groups is 1. The van der Waals surface area contributed by atoms with Crippen molar-refractivity contribution in [2.24, 2.45) is 10.9 Å². The van der Waals surface area contributed by atoms with Gasteiger partial charge in [0.25, 0.3) is 0 Å². The minimum absolute atomic E-state index is 0.123. The molecule has 0 aromatic rings. The van der Waals surface area contributed by atoms with E-state index < -0.39 is 14.6 Å². The molecule has 1 saturated carbocycles. The monoisotopic (exact) mass is 317 g/mol. The molecule has 0 saturated heterocycles. The van der Waals surface area contributed by atoms with Crippen LogP contribution in [0.1, 0.15) is 53.4 Å². The van der Waals surface area contributed by atoms with Gasteiger partial charge in [0, 0.05) is 19.6 Å². The Kier molecular flexibility index (Phi) is 6.50. The highest BCUT2D eigenvalue weighted by Crippen LogP contribution is 2.23.